The summed E-state index contributed by atoms with van der Waals surface area (Å²) in [6.45, 7) is 21.1. The van der Waals surface area contributed by atoms with Crippen LogP contribution in [-0.4, -0.2) is 54.4 Å². The van der Waals surface area contributed by atoms with Gasteiger partial charge in [0.25, 0.3) is 20.0 Å². The van der Waals surface area contributed by atoms with Gasteiger partial charge in [0.15, 0.2) is 28.2 Å². The van der Waals surface area contributed by atoms with Gasteiger partial charge in [0.05, 0.1) is 32.8 Å². The molecular weight excluding hydrogens is 1090 g/mol. The standard InChI is InChI=1S/C60H66F4N4O9S3/c1-12-60(10,11)58(69)75-28-27-65-59(70)76-29-30-78-56-50(61)52(63)57(53(64)51(56)62)80(73,74)68-79(71,72)48-22-14-13-17-45(48)49-43-25-23-37(66-54-39(33(2)3)18-15-19-40(54)34(4)5)31-46(43)77-47-32-38(24-26-44(47)49)67-55-41(35(6)7)20-16-21-42(55)36(8)9/h13-26,31-36,66,68H,12,27-30H2,1-11H3,(H,65,70). The molecule has 1 aliphatic carbocycles. The van der Waals surface area contributed by atoms with Crippen molar-refractivity contribution in [1.29, 1.82) is 0 Å². The lowest BCUT2D eigenvalue weighted by Crippen LogP contribution is -2.33. The third-order valence-electron chi connectivity index (χ3n) is 13.7. The lowest BCUT2D eigenvalue weighted by Gasteiger charge is -2.22. The largest absolute Gasteiger partial charge is 0.463 e. The second kappa shape index (κ2) is 25.0. The van der Waals surface area contributed by atoms with Gasteiger partial charge in [0.1, 0.15) is 24.6 Å². The number of thioether (sulfide) groups is 1. The highest BCUT2D eigenvalue weighted by Gasteiger charge is 2.38. The maximum atomic E-state index is 15.9. The number of hydrogen-bond donors (Lipinski definition) is 3. The van der Waals surface area contributed by atoms with Crippen molar-refractivity contribution in [2.24, 2.45) is 10.4 Å². The second-order valence-corrected chi connectivity index (χ2v) is 25.7. The van der Waals surface area contributed by atoms with Gasteiger partial charge in [-0.25, -0.2) is 44.2 Å². The molecular formula is C60H66F4N4O9S3. The maximum Gasteiger partial charge on any atom is 0.407 e. The van der Waals surface area contributed by atoms with E-state index in [4.69, 9.17) is 18.9 Å². The van der Waals surface area contributed by atoms with Gasteiger partial charge >= 0.3 is 12.1 Å². The van der Waals surface area contributed by atoms with Crippen LogP contribution in [0.5, 0.6) is 0 Å². The van der Waals surface area contributed by atoms with E-state index in [0.29, 0.717) is 28.4 Å². The fraction of sp³-hybridized carbons (Fsp3) is 0.350. The number of sulfonamides is 2. The monoisotopic (exact) mass is 1160 g/mol. The molecule has 0 fully saturated rings. The number of nitrogens with zero attached hydrogens (tertiary/aromatic N) is 1. The molecule has 3 N–H and O–H groups in total. The first-order valence-electron chi connectivity index (χ1n) is 26.2. The van der Waals surface area contributed by atoms with Crippen molar-refractivity contribution in [3.05, 3.63) is 148 Å². The number of benzene rings is 6. The van der Waals surface area contributed by atoms with E-state index in [9.17, 15) is 26.4 Å². The van der Waals surface area contributed by atoms with E-state index in [1.54, 1.807) is 50.2 Å². The van der Waals surface area contributed by atoms with Crippen LogP contribution in [0.15, 0.2) is 121 Å². The number of carbonyl (C=O) groups is 2. The Hall–Kier alpha value is -6.74. The number of anilines is 2. The minimum Gasteiger partial charge on any atom is -0.463 e. The number of amides is 1. The van der Waals surface area contributed by atoms with Gasteiger partial charge in [-0.2, -0.15) is 0 Å². The first kappa shape index (κ1) is 60.9. The number of ether oxygens (including phenoxy) is 2. The van der Waals surface area contributed by atoms with Crippen molar-refractivity contribution in [1.82, 2.24) is 9.44 Å². The summed E-state index contributed by atoms with van der Waals surface area (Å²) in [6, 6.07) is 28.0. The molecule has 0 aromatic heterocycles. The molecule has 0 saturated heterocycles. The van der Waals surface area contributed by atoms with E-state index >= 15 is 17.6 Å². The van der Waals surface area contributed by atoms with Crippen molar-refractivity contribution in [2.75, 3.05) is 30.8 Å². The summed E-state index contributed by atoms with van der Waals surface area (Å²) >= 11 is 0.165. The van der Waals surface area contributed by atoms with Gasteiger partial charge in [-0.15, -0.1) is 15.9 Å². The minimum absolute atomic E-state index is 0.0636. The second-order valence-electron chi connectivity index (χ2n) is 21.1. The molecule has 0 unspecified atom stereocenters. The molecule has 13 nitrogen and oxygen atoms in total. The zero-order valence-corrected chi connectivity index (χ0v) is 48.9. The SMILES string of the molecule is CCC(C)(C)C(=O)OCCNC(=O)OCCSc1c(F)c(F)c(S(=O)(=O)NS(=O)(=O)c2ccccc2-c2c3ccc(=Nc4c(C(C)C)cccc4C(C)C)cc-3oc3cc(Nc4c(C(C)C)cccc4C(C)C)ccc23)c(F)c1F. The Morgan fingerprint density at radius 3 is 1.85 bits per heavy atom. The zero-order chi connectivity index (χ0) is 58.6. The Morgan fingerprint density at radius 1 is 0.675 bits per heavy atom. The smallest absolute Gasteiger partial charge is 0.407 e. The Balaban J connectivity index is 1.26. The van der Waals surface area contributed by atoms with Gasteiger partial charge in [0, 0.05) is 51.3 Å². The normalized spacial score (nSPS) is 12.6. The molecule has 80 heavy (non-hydrogen) atoms. The first-order valence-corrected chi connectivity index (χ1v) is 30.2. The summed E-state index contributed by atoms with van der Waals surface area (Å²) in [5, 5.41) is 6.84. The average molecular weight is 1160 g/mol. The highest BCUT2D eigenvalue weighted by atomic mass is 32.3. The predicted molar refractivity (Wildman–Crippen MR) is 305 cm³/mol. The quantitative estimate of drug-likeness (QED) is 0.0155. The fourth-order valence-corrected chi connectivity index (χ4v) is 13.0. The number of carbonyl (C=O) groups excluding carboxylic acids is 2. The lowest BCUT2D eigenvalue weighted by atomic mass is 9.91. The Kier molecular flexibility index (Phi) is 19.0. The van der Waals surface area contributed by atoms with Crippen molar-refractivity contribution >= 4 is 71.9 Å². The summed E-state index contributed by atoms with van der Waals surface area (Å²) < 4.78 is 138. The number of alkyl carbamates (subject to hydrolysis) is 1. The van der Waals surface area contributed by atoms with Crippen LogP contribution in [0.2, 0.25) is 0 Å². The van der Waals surface area contributed by atoms with Crippen LogP contribution in [0, 0.1) is 28.7 Å². The van der Waals surface area contributed by atoms with Gasteiger partial charge in [-0.05, 0) is 96.5 Å². The topological polar surface area (TPSA) is 182 Å². The summed E-state index contributed by atoms with van der Waals surface area (Å²) in [4.78, 5) is 25.2. The van der Waals surface area contributed by atoms with Crippen molar-refractivity contribution in [3.8, 4) is 22.5 Å². The molecule has 1 amide bonds. The molecule has 20 heteroatoms. The average Bonchev–Trinajstić information content (AvgIpc) is 3.53. The zero-order valence-electron chi connectivity index (χ0n) is 46.4. The molecule has 2 aliphatic rings. The molecule has 426 valence electrons. The van der Waals surface area contributed by atoms with Crippen LogP contribution in [0.3, 0.4) is 0 Å². The third-order valence-corrected chi connectivity index (χ3v) is 18.3. The molecule has 1 aliphatic heterocycles. The van der Waals surface area contributed by atoms with E-state index in [0.717, 1.165) is 39.7 Å². The molecule has 5 aromatic rings. The van der Waals surface area contributed by atoms with E-state index < -0.39 is 87.8 Å². The molecule has 0 radical (unpaired) electrons. The summed E-state index contributed by atoms with van der Waals surface area (Å²) in [5.41, 5.74) is 6.72. The molecule has 0 saturated carbocycles. The fourth-order valence-electron chi connectivity index (χ4n) is 8.98. The number of rotatable bonds is 21. The van der Waals surface area contributed by atoms with Crippen LogP contribution in [0.25, 0.3) is 33.4 Å². The van der Waals surface area contributed by atoms with Crippen molar-refractivity contribution in [2.45, 2.75) is 121 Å². The van der Waals surface area contributed by atoms with Crippen LogP contribution in [0.4, 0.5) is 39.4 Å². The number of para-hydroxylation sites is 2. The van der Waals surface area contributed by atoms with Gasteiger partial charge < -0.3 is 24.5 Å². The van der Waals surface area contributed by atoms with Crippen LogP contribution in [0.1, 0.15) is 129 Å². The molecule has 0 spiro atoms. The van der Waals surface area contributed by atoms with Crippen molar-refractivity contribution in [3.63, 3.8) is 0 Å². The molecule has 0 atom stereocenters. The molecule has 7 rings (SSSR count). The summed E-state index contributed by atoms with van der Waals surface area (Å²) in [5.74, 6) is -9.17. The van der Waals surface area contributed by atoms with Gasteiger partial charge in [0.2, 0.25) is 0 Å². The minimum atomic E-state index is -5.97. The van der Waals surface area contributed by atoms with Gasteiger partial charge in [-0.3, -0.25) is 4.79 Å². The van der Waals surface area contributed by atoms with Gasteiger partial charge in [-0.1, -0.05) is 117 Å². The van der Waals surface area contributed by atoms with E-state index in [1.807, 2.05) is 31.2 Å². The number of esters is 1. The van der Waals surface area contributed by atoms with E-state index in [-0.39, 0.29) is 71.1 Å². The predicted octanol–water partition coefficient (Wildman–Crippen LogP) is 14.7. The van der Waals surface area contributed by atoms with E-state index in [1.165, 1.54) is 22.3 Å². The van der Waals surface area contributed by atoms with Crippen LogP contribution < -0.4 is 20.1 Å². The molecule has 1 heterocycles. The van der Waals surface area contributed by atoms with Crippen LogP contribution >= 0.6 is 11.8 Å². The number of halogens is 4. The molecule has 5 aromatic carbocycles. The summed E-state index contributed by atoms with van der Waals surface area (Å²) in [6.07, 6.45) is -0.476. The third kappa shape index (κ3) is 13.2. The lowest BCUT2D eigenvalue weighted by molar-refractivity contribution is -0.153. The van der Waals surface area contributed by atoms with Crippen LogP contribution in [-0.2, 0) is 34.3 Å². The van der Waals surface area contributed by atoms with Crippen molar-refractivity contribution < 1.29 is 57.9 Å². The highest BCUT2D eigenvalue weighted by molar-refractivity contribution is 8.04. The Morgan fingerprint density at radius 2 is 1.26 bits per heavy atom. The Labute approximate surface area is 469 Å². The first-order chi connectivity index (χ1) is 37.7. The number of hydrogen-bond acceptors (Lipinski definition) is 12. The van der Waals surface area contributed by atoms with E-state index in [2.05, 4.69) is 78.2 Å². The maximum absolute atomic E-state index is 15.9. The highest BCUT2D eigenvalue weighted by Crippen LogP contribution is 2.45. The number of nitrogens with one attached hydrogen (secondary N) is 3. The summed E-state index contributed by atoms with van der Waals surface area (Å²) in [7, 11) is -11.4. The Bertz CT molecular complexity index is 3670. The number of fused-ring (bicyclic) bond motifs is 2. The molecule has 0 bridgehead atoms.